The molecule has 0 N–H and O–H groups in total. The minimum Gasteiger partial charge on any atom is -0.472 e. The zero-order valence-electron chi connectivity index (χ0n) is 23.9. The zero-order valence-corrected chi connectivity index (χ0v) is 23.9. The van der Waals surface area contributed by atoms with Crippen LogP contribution in [0.2, 0.25) is 0 Å². The first-order chi connectivity index (χ1) is 20.1. The van der Waals surface area contributed by atoms with Crippen molar-refractivity contribution in [2.45, 2.75) is 44.1 Å². The van der Waals surface area contributed by atoms with Gasteiger partial charge in [0, 0.05) is 46.3 Å². The van der Waals surface area contributed by atoms with E-state index in [9.17, 15) is 0 Å². The fourth-order valence-electron chi connectivity index (χ4n) is 7.64. The molecule has 0 spiro atoms. The minimum absolute atomic E-state index is 0.128. The molecule has 1 unspecified atom stereocenters. The molecule has 1 atom stereocenters. The van der Waals surface area contributed by atoms with Crippen molar-refractivity contribution in [1.29, 1.82) is 0 Å². The number of rotatable bonds is 3. The second-order valence-corrected chi connectivity index (χ2v) is 12.3. The van der Waals surface area contributed by atoms with Crippen molar-refractivity contribution in [3.05, 3.63) is 137 Å². The summed E-state index contributed by atoms with van der Waals surface area (Å²) in [6.45, 7) is 7.00. The summed E-state index contributed by atoms with van der Waals surface area (Å²) in [5, 5.41) is 2.43. The number of anilines is 1. The van der Waals surface area contributed by atoms with E-state index in [1.807, 2.05) is 0 Å². The second kappa shape index (κ2) is 9.11. The molecule has 0 saturated carbocycles. The molecule has 1 aliphatic carbocycles. The molecule has 5 aromatic rings. The maximum Gasteiger partial charge on any atom is 0.178 e. The molecule has 5 aromatic carbocycles. The quantitative estimate of drug-likeness (QED) is 0.229. The number of nitrogens with zero attached hydrogens (tertiary/aromatic N) is 1. The van der Waals surface area contributed by atoms with Gasteiger partial charge in [-0.3, -0.25) is 0 Å². The van der Waals surface area contributed by atoms with Crippen LogP contribution < -0.4 is 9.64 Å². The normalized spacial score (nSPS) is 20.3. The maximum atomic E-state index is 7.41. The highest BCUT2D eigenvalue weighted by Gasteiger charge is 2.44. The molecule has 2 heterocycles. The molecule has 202 valence electrons. The lowest BCUT2D eigenvalue weighted by molar-refractivity contribution is 0.163. The first kappa shape index (κ1) is 24.5. The van der Waals surface area contributed by atoms with Crippen molar-refractivity contribution in [3.8, 4) is 16.9 Å². The van der Waals surface area contributed by atoms with E-state index in [-0.39, 0.29) is 5.41 Å². The van der Waals surface area contributed by atoms with Gasteiger partial charge in [0.2, 0.25) is 0 Å². The molecule has 41 heavy (non-hydrogen) atoms. The highest BCUT2D eigenvalue weighted by Crippen LogP contribution is 2.58. The van der Waals surface area contributed by atoms with Crippen LogP contribution in [0.3, 0.4) is 0 Å². The summed E-state index contributed by atoms with van der Waals surface area (Å²) in [6.07, 6.45) is 8.53. The predicted molar refractivity (Wildman–Crippen MR) is 171 cm³/mol. The maximum absolute atomic E-state index is 7.41. The summed E-state index contributed by atoms with van der Waals surface area (Å²) in [5.41, 5.74) is 9.40. The Bertz CT molecular complexity index is 1810. The first-order valence-corrected chi connectivity index (χ1v) is 15.1. The number of piperidine rings is 1. The Morgan fingerprint density at radius 3 is 2.10 bits per heavy atom. The van der Waals surface area contributed by atoms with E-state index in [4.69, 9.17) is 4.74 Å². The van der Waals surface area contributed by atoms with Crippen LogP contribution in [-0.4, -0.2) is 13.1 Å². The average molecular weight is 534 g/mol. The molecule has 2 heteroatoms. The van der Waals surface area contributed by atoms with E-state index < -0.39 is 5.60 Å². The van der Waals surface area contributed by atoms with Gasteiger partial charge in [0.25, 0.3) is 0 Å². The van der Waals surface area contributed by atoms with Gasteiger partial charge in [-0.05, 0) is 65.1 Å². The highest BCUT2D eigenvalue weighted by molar-refractivity contribution is 6.08. The predicted octanol–water partition coefficient (Wildman–Crippen LogP) is 9.49. The Kier molecular flexibility index (Phi) is 5.44. The summed E-state index contributed by atoms with van der Waals surface area (Å²) < 4.78 is 7.41. The largest absolute Gasteiger partial charge is 0.472 e. The van der Waals surface area contributed by atoms with Crippen molar-refractivity contribution in [2.24, 2.45) is 0 Å². The number of hydrogen-bond acceptors (Lipinski definition) is 2. The highest BCUT2D eigenvalue weighted by atomic mass is 16.5. The molecule has 1 fully saturated rings. The molecule has 8 rings (SSSR count). The number of benzene rings is 5. The van der Waals surface area contributed by atoms with E-state index in [1.54, 1.807) is 0 Å². The van der Waals surface area contributed by atoms with Crippen LogP contribution in [0.25, 0.3) is 28.0 Å². The van der Waals surface area contributed by atoms with Gasteiger partial charge in [-0.2, -0.15) is 0 Å². The lowest BCUT2D eigenvalue weighted by Crippen LogP contribution is -2.35. The molecular formula is C39H35NO. The molecule has 0 bridgehead atoms. The summed E-state index contributed by atoms with van der Waals surface area (Å²) in [7, 11) is 0. The smallest absolute Gasteiger partial charge is 0.178 e. The number of hydrogen-bond donors (Lipinski definition) is 0. The lowest BCUT2D eigenvalue weighted by atomic mass is 9.77. The van der Waals surface area contributed by atoms with Crippen LogP contribution in [0.5, 0.6) is 5.75 Å². The van der Waals surface area contributed by atoms with Crippen LogP contribution >= 0.6 is 0 Å². The van der Waals surface area contributed by atoms with E-state index in [0.29, 0.717) is 0 Å². The van der Waals surface area contributed by atoms with Crippen LogP contribution in [0.1, 0.15) is 60.9 Å². The van der Waals surface area contributed by atoms with Gasteiger partial charge < -0.3 is 9.64 Å². The van der Waals surface area contributed by atoms with Crippen molar-refractivity contribution in [3.63, 3.8) is 0 Å². The van der Waals surface area contributed by atoms with Gasteiger partial charge in [0.1, 0.15) is 5.75 Å². The first-order valence-electron chi connectivity index (χ1n) is 15.1. The molecule has 0 radical (unpaired) electrons. The topological polar surface area (TPSA) is 12.5 Å². The van der Waals surface area contributed by atoms with Gasteiger partial charge >= 0.3 is 0 Å². The summed E-state index contributed by atoms with van der Waals surface area (Å²) in [5.74, 6) is 0.978. The third-order valence-corrected chi connectivity index (χ3v) is 9.67. The third kappa shape index (κ3) is 3.56. The fraction of sp³-hybridized carbons (Fsp3) is 0.231. The van der Waals surface area contributed by atoms with Gasteiger partial charge in [0.15, 0.2) is 5.60 Å². The molecule has 0 aromatic heterocycles. The molecule has 0 amide bonds. The lowest BCUT2D eigenvalue weighted by Gasteiger charge is -2.38. The zero-order chi connectivity index (χ0) is 27.6. The van der Waals surface area contributed by atoms with Crippen molar-refractivity contribution in [1.82, 2.24) is 0 Å². The van der Waals surface area contributed by atoms with Gasteiger partial charge in [-0.1, -0.05) is 111 Å². The van der Waals surface area contributed by atoms with E-state index in [2.05, 4.69) is 134 Å². The molecule has 2 aliphatic heterocycles. The summed E-state index contributed by atoms with van der Waals surface area (Å²) >= 11 is 0. The van der Waals surface area contributed by atoms with E-state index in [0.717, 1.165) is 30.0 Å². The van der Waals surface area contributed by atoms with Gasteiger partial charge in [-0.25, -0.2) is 0 Å². The van der Waals surface area contributed by atoms with Crippen LogP contribution in [-0.2, 0) is 11.0 Å². The second-order valence-electron chi connectivity index (χ2n) is 12.3. The van der Waals surface area contributed by atoms with Crippen molar-refractivity contribution >= 4 is 22.5 Å². The Morgan fingerprint density at radius 2 is 1.32 bits per heavy atom. The summed E-state index contributed by atoms with van der Waals surface area (Å²) in [6, 6.07) is 37.6. The van der Waals surface area contributed by atoms with E-state index in [1.165, 1.54) is 63.5 Å². The van der Waals surface area contributed by atoms with Crippen LogP contribution in [0, 0.1) is 0 Å². The Hall–Kier alpha value is -4.30. The van der Waals surface area contributed by atoms with Crippen molar-refractivity contribution in [2.75, 3.05) is 18.0 Å². The van der Waals surface area contributed by atoms with Gasteiger partial charge in [0.05, 0.1) is 0 Å². The Morgan fingerprint density at radius 1 is 0.659 bits per heavy atom. The van der Waals surface area contributed by atoms with Crippen molar-refractivity contribution < 1.29 is 4.74 Å². The Labute approximate surface area is 242 Å². The monoisotopic (exact) mass is 533 g/mol. The fourth-order valence-corrected chi connectivity index (χ4v) is 7.64. The minimum atomic E-state index is -0.721. The molecule has 1 saturated heterocycles. The van der Waals surface area contributed by atoms with Crippen LogP contribution in [0.4, 0.5) is 5.69 Å². The molecular weight excluding hydrogens is 498 g/mol. The Balaban J connectivity index is 1.35. The number of ether oxygens (including phenoxy) is 1. The summed E-state index contributed by atoms with van der Waals surface area (Å²) in [4.78, 5) is 2.52. The van der Waals surface area contributed by atoms with E-state index >= 15 is 0 Å². The standard InChI is InChI=1S/C39H35NO/c1-38(2)34-18-10-9-17-32(34)35-30-15-7-8-16-31(30)37-33(36(35)38)23-24-39(41-37,27-13-5-3-6-14-27)28-19-21-29(22-20-28)40-25-11-4-12-26-40/h3,5-10,13-24H,4,11-12,25-26H2,1-2H3. The average Bonchev–Trinajstić information content (AvgIpc) is 3.29. The molecule has 2 nitrogen and oxygen atoms in total. The SMILES string of the molecule is CC1(C)c2ccccc2-c2c1c1c(c3ccccc23)OC(c2ccccc2)(c2ccc(N3CCCCC3)cc2)C=C1. The number of fused-ring (bicyclic) bond motifs is 8. The van der Waals surface area contributed by atoms with Crippen LogP contribution in [0.15, 0.2) is 109 Å². The van der Waals surface area contributed by atoms with Gasteiger partial charge in [-0.15, -0.1) is 0 Å². The molecule has 3 aliphatic rings. The third-order valence-electron chi connectivity index (χ3n) is 9.67.